The van der Waals surface area contributed by atoms with Gasteiger partial charge in [-0.05, 0) is 13.5 Å². The van der Waals surface area contributed by atoms with Crippen molar-refractivity contribution in [2.45, 2.75) is 20.1 Å². The Morgan fingerprint density at radius 3 is 2.50 bits per heavy atom. The summed E-state index contributed by atoms with van der Waals surface area (Å²) >= 11 is 0. The molecule has 0 aromatic rings. The molecule has 0 spiro atoms. The maximum atomic E-state index is 10.0. The molecule has 0 aromatic carbocycles. The van der Waals surface area contributed by atoms with Crippen LogP contribution in [0.15, 0.2) is 0 Å². The van der Waals surface area contributed by atoms with Crippen molar-refractivity contribution in [2.75, 3.05) is 6.54 Å². The van der Waals surface area contributed by atoms with Gasteiger partial charge >= 0.3 is 10.4 Å². The molecule has 1 atom stereocenters. The maximum absolute atomic E-state index is 10.0. The molecule has 2 N–H and O–H groups in total. The standard InChI is InChI=1S/C4H11NO4S/c1-3-5-4(2)9-10(6,7)8/h4-5H,3H2,1-2H3,(H,6,7,8). The highest BCUT2D eigenvalue weighted by molar-refractivity contribution is 7.80. The van der Waals surface area contributed by atoms with Crippen molar-refractivity contribution in [1.29, 1.82) is 0 Å². The number of hydrogen-bond acceptors (Lipinski definition) is 4. The van der Waals surface area contributed by atoms with Crippen LogP contribution in [0.1, 0.15) is 13.8 Å². The van der Waals surface area contributed by atoms with Gasteiger partial charge in [-0.25, -0.2) is 4.18 Å². The average Bonchev–Trinajstić information content (AvgIpc) is 1.59. The zero-order valence-electron chi connectivity index (χ0n) is 5.86. The first-order chi connectivity index (χ1) is 4.45. The number of nitrogens with one attached hydrogen (secondary N) is 1. The summed E-state index contributed by atoms with van der Waals surface area (Å²) in [7, 11) is -4.31. The average molecular weight is 169 g/mol. The molecule has 0 rings (SSSR count). The summed E-state index contributed by atoms with van der Waals surface area (Å²) in [6.45, 7) is 3.86. The van der Waals surface area contributed by atoms with Crippen molar-refractivity contribution in [2.24, 2.45) is 0 Å². The normalized spacial score (nSPS) is 15.1. The third-order valence-electron chi connectivity index (χ3n) is 0.758. The van der Waals surface area contributed by atoms with Gasteiger partial charge in [0.1, 0.15) is 6.23 Å². The Kier molecular flexibility index (Phi) is 3.80. The highest BCUT2D eigenvalue weighted by Crippen LogP contribution is 1.91. The fourth-order valence-corrected chi connectivity index (χ4v) is 0.937. The largest absolute Gasteiger partial charge is 0.398 e. The van der Waals surface area contributed by atoms with Gasteiger partial charge in [-0.3, -0.25) is 9.87 Å². The van der Waals surface area contributed by atoms with Gasteiger partial charge in [0.05, 0.1) is 0 Å². The lowest BCUT2D eigenvalue weighted by atomic mass is 10.6. The van der Waals surface area contributed by atoms with E-state index < -0.39 is 16.6 Å². The van der Waals surface area contributed by atoms with Crippen molar-refractivity contribution in [1.82, 2.24) is 5.32 Å². The van der Waals surface area contributed by atoms with Crippen LogP contribution < -0.4 is 5.32 Å². The Morgan fingerprint density at radius 2 is 2.20 bits per heavy atom. The van der Waals surface area contributed by atoms with E-state index >= 15 is 0 Å². The second-order valence-electron chi connectivity index (χ2n) is 1.72. The summed E-state index contributed by atoms with van der Waals surface area (Å²) in [4.78, 5) is 0. The molecule has 0 bridgehead atoms. The minimum Gasteiger partial charge on any atom is -0.291 e. The first kappa shape index (κ1) is 9.83. The molecule has 0 amide bonds. The lowest BCUT2D eigenvalue weighted by molar-refractivity contribution is 0.168. The lowest BCUT2D eigenvalue weighted by Crippen LogP contribution is -2.30. The molecule has 0 aromatic heterocycles. The van der Waals surface area contributed by atoms with Crippen molar-refractivity contribution in [3.05, 3.63) is 0 Å². The molecule has 5 nitrogen and oxygen atoms in total. The molecule has 0 saturated heterocycles. The number of hydrogen-bond donors (Lipinski definition) is 2. The zero-order valence-corrected chi connectivity index (χ0v) is 6.68. The van der Waals surface area contributed by atoms with E-state index in [0.717, 1.165) is 0 Å². The Bertz CT molecular complexity index is 176. The Hall–Kier alpha value is -0.170. The van der Waals surface area contributed by atoms with E-state index in [0.29, 0.717) is 6.54 Å². The molecule has 0 fully saturated rings. The van der Waals surface area contributed by atoms with Crippen molar-refractivity contribution >= 4 is 10.4 Å². The summed E-state index contributed by atoms with van der Waals surface area (Å²) in [5.74, 6) is 0. The quantitative estimate of drug-likeness (QED) is 0.449. The van der Waals surface area contributed by atoms with Gasteiger partial charge in [0.2, 0.25) is 0 Å². The molecule has 0 aliphatic rings. The SMILES string of the molecule is CCNC(C)OS(=O)(=O)O. The fraction of sp³-hybridized carbons (Fsp3) is 1.00. The highest BCUT2D eigenvalue weighted by atomic mass is 32.3. The first-order valence-electron chi connectivity index (χ1n) is 2.84. The molecule has 0 radical (unpaired) electrons. The van der Waals surface area contributed by atoms with Crippen LogP contribution in [0.2, 0.25) is 0 Å². The molecule has 62 valence electrons. The molecule has 10 heavy (non-hydrogen) atoms. The van der Waals surface area contributed by atoms with Crippen molar-refractivity contribution in [3.63, 3.8) is 0 Å². The van der Waals surface area contributed by atoms with E-state index in [-0.39, 0.29) is 0 Å². The molecule has 0 heterocycles. The summed E-state index contributed by atoms with van der Waals surface area (Å²) < 4.78 is 32.2. The van der Waals surface area contributed by atoms with E-state index in [1.165, 1.54) is 6.92 Å². The van der Waals surface area contributed by atoms with Crippen LogP contribution >= 0.6 is 0 Å². The molecule has 0 saturated carbocycles. The number of rotatable bonds is 4. The smallest absolute Gasteiger partial charge is 0.291 e. The highest BCUT2D eigenvalue weighted by Gasteiger charge is 2.09. The van der Waals surface area contributed by atoms with Gasteiger partial charge in [-0.1, -0.05) is 6.92 Å². The van der Waals surface area contributed by atoms with Crippen LogP contribution in [0, 0.1) is 0 Å². The van der Waals surface area contributed by atoms with Gasteiger partial charge in [0.15, 0.2) is 0 Å². The molecular formula is C4H11NO4S. The zero-order chi connectivity index (χ0) is 8.20. The third-order valence-corrected chi connectivity index (χ3v) is 1.29. The van der Waals surface area contributed by atoms with Crippen LogP contribution in [-0.4, -0.2) is 25.7 Å². The van der Waals surface area contributed by atoms with Crippen LogP contribution in [-0.2, 0) is 14.6 Å². The maximum Gasteiger partial charge on any atom is 0.398 e. The van der Waals surface area contributed by atoms with Crippen LogP contribution in [0.4, 0.5) is 0 Å². The minimum atomic E-state index is -4.31. The fourth-order valence-electron chi connectivity index (χ4n) is 0.504. The summed E-state index contributed by atoms with van der Waals surface area (Å²) in [5, 5.41) is 2.64. The molecule has 0 aliphatic heterocycles. The van der Waals surface area contributed by atoms with Gasteiger partial charge in [0, 0.05) is 0 Å². The predicted molar refractivity (Wildman–Crippen MR) is 35.8 cm³/mol. The Morgan fingerprint density at radius 1 is 1.70 bits per heavy atom. The van der Waals surface area contributed by atoms with Gasteiger partial charge < -0.3 is 0 Å². The van der Waals surface area contributed by atoms with Crippen LogP contribution in [0.3, 0.4) is 0 Å². The summed E-state index contributed by atoms with van der Waals surface area (Å²) in [6.07, 6.45) is -0.681. The Labute approximate surface area is 60.3 Å². The van der Waals surface area contributed by atoms with Gasteiger partial charge in [0.25, 0.3) is 0 Å². The molecular weight excluding hydrogens is 158 g/mol. The second-order valence-corrected chi connectivity index (χ2v) is 2.77. The van der Waals surface area contributed by atoms with Gasteiger partial charge in [-0.2, -0.15) is 8.42 Å². The third kappa shape index (κ3) is 5.96. The predicted octanol–water partition coefficient (Wildman–Crippen LogP) is -0.239. The summed E-state index contributed by atoms with van der Waals surface area (Å²) in [5.41, 5.74) is 0. The van der Waals surface area contributed by atoms with E-state index in [1.54, 1.807) is 6.92 Å². The molecule has 1 unspecified atom stereocenters. The van der Waals surface area contributed by atoms with E-state index in [9.17, 15) is 8.42 Å². The topological polar surface area (TPSA) is 75.6 Å². The van der Waals surface area contributed by atoms with Crippen molar-refractivity contribution < 1.29 is 17.2 Å². The monoisotopic (exact) mass is 169 g/mol. The Balaban J connectivity index is 3.69. The van der Waals surface area contributed by atoms with Gasteiger partial charge in [-0.15, -0.1) is 0 Å². The summed E-state index contributed by atoms with van der Waals surface area (Å²) in [6, 6.07) is 0. The minimum absolute atomic E-state index is 0.580. The van der Waals surface area contributed by atoms with E-state index in [1.807, 2.05) is 0 Å². The lowest BCUT2D eigenvalue weighted by Gasteiger charge is -2.08. The second kappa shape index (κ2) is 3.87. The van der Waals surface area contributed by atoms with E-state index in [2.05, 4.69) is 9.50 Å². The molecule has 6 heteroatoms. The first-order valence-corrected chi connectivity index (χ1v) is 4.21. The van der Waals surface area contributed by atoms with Crippen LogP contribution in [0.25, 0.3) is 0 Å². The molecule has 0 aliphatic carbocycles. The van der Waals surface area contributed by atoms with E-state index in [4.69, 9.17) is 4.55 Å². The van der Waals surface area contributed by atoms with Crippen LogP contribution in [0.5, 0.6) is 0 Å². The van der Waals surface area contributed by atoms with Crippen molar-refractivity contribution in [3.8, 4) is 0 Å².